The van der Waals surface area contributed by atoms with Crippen LogP contribution in [0.3, 0.4) is 0 Å². The molecule has 8 unspecified atom stereocenters. The molecule has 0 radical (unpaired) electrons. The number of fused-ring (bicyclic) bond motifs is 11. The molecule has 0 saturated heterocycles. The van der Waals surface area contributed by atoms with E-state index in [1.54, 1.807) is 51.4 Å². The molecular formula is C16H24. The van der Waals surface area contributed by atoms with Crippen LogP contribution in [0.25, 0.3) is 0 Å². The van der Waals surface area contributed by atoms with E-state index in [0.717, 1.165) is 0 Å². The summed E-state index contributed by atoms with van der Waals surface area (Å²) >= 11 is 0. The molecule has 0 nitrogen and oxygen atoms in total. The number of rotatable bonds is 0. The molecule has 0 aromatic heterocycles. The van der Waals surface area contributed by atoms with Crippen molar-refractivity contribution < 1.29 is 0 Å². The fourth-order valence-electron chi connectivity index (χ4n) is 7.34. The van der Waals surface area contributed by atoms with Gasteiger partial charge in [-0.25, -0.2) is 0 Å². The van der Waals surface area contributed by atoms with Crippen molar-refractivity contribution in [1.29, 1.82) is 0 Å². The Balaban J connectivity index is 1.54. The maximum absolute atomic E-state index is 1.68. The molecule has 0 aliphatic heterocycles. The molecule has 8 atom stereocenters. The minimum atomic E-state index is 1.19. The van der Waals surface area contributed by atoms with Crippen molar-refractivity contribution in [2.45, 2.75) is 51.4 Å². The number of hydrogen-bond acceptors (Lipinski definition) is 0. The van der Waals surface area contributed by atoms with Crippen LogP contribution in [0.2, 0.25) is 0 Å². The second-order valence-corrected chi connectivity index (χ2v) is 7.74. The van der Waals surface area contributed by atoms with E-state index in [-0.39, 0.29) is 0 Å². The Morgan fingerprint density at radius 3 is 1.88 bits per heavy atom. The fraction of sp³-hybridized carbons (Fsp3) is 1.00. The lowest BCUT2D eigenvalue weighted by Gasteiger charge is -2.32. The van der Waals surface area contributed by atoms with Gasteiger partial charge in [0.25, 0.3) is 0 Å². The zero-order valence-corrected chi connectivity index (χ0v) is 10.3. The third-order valence-corrected chi connectivity index (χ3v) is 7.55. The first-order valence-corrected chi connectivity index (χ1v) is 7.92. The van der Waals surface area contributed by atoms with E-state index < -0.39 is 0 Å². The summed E-state index contributed by atoms with van der Waals surface area (Å²) in [4.78, 5) is 0. The summed E-state index contributed by atoms with van der Waals surface area (Å²) in [5, 5.41) is 0. The van der Waals surface area contributed by atoms with E-state index in [1.165, 1.54) is 47.3 Å². The van der Waals surface area contributed by atoms with Crippen LogP contribution < -0.4 is 0 Å². The lowest BCUT2D eigenvalue weighted by molar-refractivity contribution is 0.162. The Hall–Kier alpha value is 0. The molecule has 0 amide bonds. The minimum absolute atomic E-state index is 1.19. The third-order valence-electron chi connectivity index (χ3n) is 7.55. The van der Waals surface area contributed by atoms with Crippen LogP contribution in [0.4, 0.5) is 0 Å². The molecule has 5 aliphatic rings. The second kappa shape index (κ2) is 2.87. The lowest BCUT2D eigenvalue weighted by Crippen LogP contribution is -2.26. The molecule has 5 aliphatic carbocycles. The van der Waals surface area contributed by atoms with Gasteiger partial charge in [-0.15, -0.1) is 0 Å². The third kappa shape index (κ3) is 0.910. The fourth-order valence-corrected chi connectivity index (χ4v) is 7.34. The summed E-state index contributed by atoms with van der Waals surface area (Å²) in [5.74, 6) is 9.67. The Labute approximate surface area is 99.2 Å². The Kier molecular flexibility index (Phi) is 1.61. The van der Waals surface area contributed by atoms with Gasteiger partial charge < -0.3 is 0 Å². The van der Waals surface area contributed by atoms with Crippen molar-refractivity contribution in [2.75, 3.05) is 0 Å². The highest BCUT2D eigenvalue weighted by atomic mass is 14.7. The van der Waals surface area contributed by atoms with Crippen LogP contribution >= 0.6 is 0 Å². The summed E-state index contributed by atoms with van der Waals surface area (Å²) in [6, 6.07) is 0. The van der Waals surface area contributed by atoms with Gasteiger partial charge in [-0.3, -0.25) is 0 Å². The highest BCUT2D eigenvalue weighted by Crippen LogP contribution is 2.69. The first-order valence-electron chi connectivity index (χ1n) is 7.92. The summed E-state index contributed by atoms with van der Waals surface area (Å²) in [7, 11) is 0. The Morgan fingerprint density at radius 1 is 0.500 bits per heavy atom. The van der Waals surface area contributed by atoms with Gasteiger partial charge >= 0.3 is 0 Å². The van der Waals surface area contributed by atoms with Gasteiger partial charge in [0.05, 0.1) is 0 Å². The van der Waals surface area contributed by atoms with E-state index in [4.69, 9.17) is 0 Å². The Morgan fingerprint density at radius 2 is 1.06 bits per heavy atom. The topological polar surface area (TPSA) is 0 Å². The van der Waals surface area contributed by atoms with Crippen LogP contribution in [-0.4, -0.2) is 0 Å². The predicted molar refractivity (Wildman–Crippen MR) is 64.9 cm³/mol. The van der Waals surface area contributed by atoms with Crippen molar-refractivity contribution in [1.82, 2.24) is 0 Å². The SMILES string of the molecule is C1CC2CC(C1)C1C2CC2C3CCC(C3)C21. The normalized spacial score (nSPS) is 66.0. The van der Waals surface area contributed by atoms with E-state index in [2.05, 4.69) is 0 Å². The van der Waals surface area contributed by atoms with E-state index in [0.29, 0.717) is 0 Å². The first kappa shape index (κ1) is 9.00. The number of hydrogen-bond donors (Lipinski definition) is 0. The molecule has 0 N–H and O–H groups in total. The highest BCUT2D eigenvalue weighted by Gasteiger charge is 2.62. The molecular weight excluding hydrogens is 192 g/mol. The maximum Gasteiger partial charge on any atom is -0.0321 e. The minimum Gasteiger partial charge on any atom is -0.0528 e. The zero-order chi connectivity index (χ0) is 10.3. The predicted octanol–water partition coefficient (Wildman–Crippen LogP) is 4.10. The van der Waals surface area contributed by atoms with Crippen molar-refractivity contribution in [3.63, 3.8) is 0 Å². The van der Waals surface area contributed by atoms with Crippen molar-refractivity contribution in [3.05, 3.63) is 0 Å². The zero-order valence-electron chi connectivity index (χ0n) is 10.3. The van der Waals surface area contributed by atoms with Gasteiger partial charge in [0.2, 0.25) is 0 Å². The van der Waals surface area contributed by atoms with Crippen LogP contribution in [0, 0.1) is 47.3 Å². The van der Waals surface area contributed by atoms with E-state index >= 15 is 0 Å². The van der Waals surface area contributed by atoms with Gasteiger partial charge in [-0.05, 0) is 79.4 Å². The van der Waals surface area contributed by atoms with Crippen LogP contribution in [0.1, 0.15) is 51.4 Å². The molecule has 0 spiro atoms. The molecule has 0 aromatic carbocycles. The smallest absolute Gasteiger partial charge is 0.0321 e. The summed E-state index contributed by atoms with van der Waals surface area (Å²) < 4.78 is 0. The molecule has 4 bridgehead atoms. The Bertz CT molecular complexity index is 320. The second-order valence-electron chi connectivity index (χ2n) is 7.74. The molecule has 5 saturated carbocycles. The standard InChI is InChI=1S/C16H24/c1-2-9-6-11(3-1)15-13(9)8-14-10-4-5-12(7-10)16(14)15/h9-16H,1-8H2. The van der Waals surface area contributed by atoms with Crippen molar-refractivity contribution >= 4 is 0 Å². The molecule has 88 valence electrons. The molecule has 5 fully saturated rings. The quantitative estimate of drug-likeness (QED) is 0.572. The molecule has 0 heteroatoms. The van der Waals surface area contributed by atoms with Crippen LogP contribution in [0.5, 0.6) is 0 Å². The maximum atomic E-state index is 1.68. The van der Waals surface area contributed by atoms with E-state index in [1.807, 2.05) is 0 Å². The highest BCUT2D eigenvalue weighted by molar-refractivity contribution is 5.11. The van der Waals surface area contributed by atoms with Gasteiger partial charge in [0.15, 0.2) is 0 Å². The van der Waals surface area contributed by atoms with Crippen molar-refractivity contribution in [2.24, 2.45) is 47.3 Å². The van der Waals surface area contributed by atoms with E-state index in [9.17, 15) is 0 Å². The first-order chi connectivity index (χ1) is 7.92. The summed E-state index contributed by atoms with van der Waals surface area (Å²) in [6.45, 7) is 0. The summed E-state index contributed by atoms with van der Waals surface area (Å²) in [5.41, 5.74) is 0. The largest absolute Gasteiger partial charge is 0.0528 e. The van der Waals surface area contributed by atoms with Gasteiger partial charge in [-0.2, -0.15) is 0 Å². The molecule has 0 heterocycles. The van der Waals surface area contributed by atoms with Crippen LogP contribution in [0.15, 0.2) is 0 Å². The average Bonchev–Trinajstić information content (AvgIpc) is 3.02. The van der Waals surface area contributed by atoms with Gasteiger partial charge in [-0.1, -0.05) is 19.3 Å². The van der Waals surface area contributed by atoms with Gasteiger partial charge in [0, 0.05) is 0 Å². The molecule has 0 aromatic rings. The summed E-state index contributed by atoms with van der Waals surface area (Å²) in [6.07, 6.45) is 13.0. The molecule has 16 heavy (non-hydrogen) atoms. The molecule has 5 rings (SSSR count). The van der Waals surface area contributed by atoms with Crippen molar-refractivity contribution in [3.8, 4) is 0 Å². The average molecular weight is 216 g/mol. The monoisotopic (exact) mass is 216 g/mol. The van der Waals surface area contributed by atoms with Gasteiger partial charge in [0.1, 0.15) is 0 Å². The van der Waals surface area contributed by atoms with Crippen LogP contribution in [-0.2, 0) is 0 Å². The lowest BCUT2D eigenvalue weighted by atomic mass is 9.73.